The van der Waals surface area contributed by atoms with Gasteiger partial charge in [0, 0.05) is 45.3 Å². The van der Waals surface area contributed by atoms with Crippen molar-refractivity contribution in [3.05, 3.63) is 42.2 Å². The lowest BCUT2D eigenvalue weighted by atomic mass is 10.0. The molecule has 0 bridgehead atoms. The Morgan fingerprint density at radius 2 is 2.10 bits per heavy atom. The van der Waals surface area contributed by atoms with Crippen LogP contribution in [0.2, 0.25) is 0 Å². The van der Waals surface area contributed by atoms with Gasteiger partial charge in [0.05, 0.1) is 19.0 Å². The largest absolute Gasteiger partial charge is 0.496 e. The van der Waals surface area contributed by atoms with Crippen LogP contribution in [0.25, 0.3) is 0 Å². The Balaban J connectivity index is 0.00000320. The van der Waals surface area contributed by atoms with Gasteiger partial charge in [-0.25, -0.2) is 0 Å². The molecule has 1 fully saturated rings. The van der Waals surface area contributed by atoms with Crippen LogP contribution in [0.15, 0.2) is 41.7 Å². The van der Waals surface area contributed by atoms with Crippen molar-refractivity contribution < 1.29 is 9.53 Å². The fraction of sp³-hybridized carbons (Fsp3) is 0.476. The van der Waals surface area contributed by atoms with Crippen molar-refractivity contribution in [2.45, 2.75) is 19.8 Å². The number of anilines is 1. The van der Waals surface area contributed by atoms with E-state index >= 15 is 0 Å². The fourth-order valence-electron chi connectivity index (χ4n) is 3.50. The normalized spacial score (nSPS) is 15.6. The minimum atomic E-state index is 0. The van der Waals surface area contributed by atoms with Crippen LogP contribution >= 0.6 is 24.0 Å². The lowest BCUT2D eigenvalue weighted by Crippen LogP contribution is -2.55. The zero-order valence-corrected chi connectivity index (χ0v) is 20.4. The summed E-state index contributed by atoms with van der Waals surface area (Å²) >= 11 is 0. The second-order valence-corrected chi connectivity index (χ2v) is 7.18. The van der Waals surface area contributed by atoms with E-state index in [-0.39, 0.29) is 35.8 Å². The minimum absolute atomic E-state index is 0. The Hall–Kier alpha value is -2.30. The second kappa shape index (κ2) is 11.2. The monoisotopic (exact) mass is 526 g/mol. The van der Waals surface area contributed by atoms with Gasteiger partial charge in [-0.1, -0.05) is 25.1 Å². The summed E-state index contributed by atoms with van der Waals surface area (Å²) in [5.41, 5.74) is 1.97. The number of benzene rings is 1. The highest BCUT2D eigenvalue weighted by Gasteiger charge is 2.27. The molecule has 2 heterocycles. The molecule has 0 spiro atoms. The van der Waals surface area contributed by atoms with Crippen molar-refractivity contribution >= 4 is 41.5 Å². The molecule has 1 aromatic carbocycles. The Morgan fingerprint density at radius 1 is 1.33 bits per heavy atom. The Kier molecular flexibility index (Phi) is 8.94. The van der Waals surface area contributed by atoms with Crippen LogP contribution in [-0.4, -0.2) is 66.4 Å². The van der Waals surface area contributed by atoms with Crippen molar-refractivity contribution in [2.75, 3.05) is 44.7 Å². The molecule has 1 aliphatic rings. The van der Waals surface area contributed by atoms with Crippen LogP contribution in [0.5, 0.6) is 5.75 Å². The van der Waals surface area contributed by atoms with Crippen LogP contribution in [0.3, 0.4) is 0 Å². The first-order valence-corrected chi connectivity index (χ1v) is 9.98. The molecule has 9 heteroatoms. The summed E-state index contributed by atoms with van der Waals surface area (Å²) in [7, 11) is 3.54. The molecule has 8 nitrogen and oxygen atoms in total. The molecule has 164 valence electrons. The smallest absolute Gasteiger partial charge is 0.246 e. The number of piperazine rings is 1. The summed E-state index contributed by atoms with van der Waals surface area (Å²) in [5.74, 6) is 1.90. The number of ether oxygens (including phenoxy) is 1. The summed E-state index contributed by atoms with van der Waals surface area (Å²) in [6.45, 7) is 7.15. The first-order chi connectivity index (χ1) is 14.0. The Bertz CT molecular complexity index is 869. The quantitative estimate of drug-likeness (QED) is 0.356. The molecule has 30 heavy (non-hydrogen) atoms. The van der Waals surface area contributed by atoms with Crippen molar-refractivity contribution in [1.82, 2.24) is 20.0 Å². The second-order valence-electron chi connectivity index (χ2n) is 7.18. The Morgan fingerprint density at radius 3 is 2.73 bits per heavy atom. The van der Waals surface area contributed by atoms with Gasteiger partial charge in [-0.3, -0.25) is 14.5 Å². The summed E-state index contributed by atoms with van der Waals surface area (Å²) in [4.78, 5) is 21.3. The number of aliphatic imine (C=N–C) groups is 1. The SMILES string of the molecule is CCNC(=NCC(C)c1ccccc1OC)N1CCN(c2cnn(C)c2)C(=O)C1.I. The van der Waals surface area contributed by atoms with Crippen LogP contribution in [0.1, 0.15) is 25.3 Å². The average molecular weight is 526 g/mol. The van der Waals surface area contributed by atoms with Crippen molar-refractivity contribution in [3.8, 4) is 5.75 Å². The zero-order valence-electron chi connectivity index (χ0n) is 18.0. The van der Waals surface area contributed by atoms with Crippen molar-refractivity contribution in [1.29, 1.82) is 0 Å². The van der Waals surface area contributed by atoms with E-state index in [4.69, 9.17) is 9.73 Å². The number of hydrogen-bond acceptors (Lipinski definition) is 4. The minimum Gasteiger partial charge on any atom is -0.496 e. The number of aryl methyl sites for hydroxylation is 1. The van der Waals surface area contributed by atoms with Crippen LogP contribution in [0.4, 0.5) is 5.69 Å². The van der Waals surface area contributed by atoms with Gasteiger partial charge in [0.2, 0.25) is 5.91 Å². The first-order valence-electron chi connectivity index (χ1n) is 9.98. The molecule has 1 aliphatic heterocycles. The molecule has 0 aliphatic carbocycles. The molecular weight excluding hydrogens is 495 g/mol. The number of halogens is 1. The summed E-state index contributed by atoms with van der Waals surface area (Å²) in [6, 6.07) is 8.02. The zero-order chi connectivity index (χ0) is 20.8. The number of aromatic nitrogens is 2. The molecule has 1 atom stereocenters. The third-order valence-corrected chi connectivity index (χ3v) is 5.04. The molecule has 3 rings (SSSR count). The third kappa shape index (κ3) is 5.65. The van der Waals surface area contributed by atoms with E-state index in [1.54, 1.807) is 22.9 Å². The molecule has 1 amide bonds. The van der Waals surface area contributed by atoms with Gasteiger partial charge in [-0.15, -0.1) is 24.0 Å². The predicted octanol–water partition coefficient (Wildman–Crippen LogP) is 2.46. The summed E-state index contributed by atoms with van der Waals surface area (Å²) in [5, 5.41) is 7.49. The van der Waals surface area contributed by atoms with Gasteiger partial charge in [-0.2, -0.15) is 5.10 Å². The molecule has 1 saturated heterocycles. The maximum absolute atomic E-state index is 12.7. The average Bonchev–Trinajstić information content (AvgIpc) is 3.16. The lowest BCUT2D eigenvalue weighted by molar-refractivity contribution is -0.120. The number of amides is 1. The van der Waals surface area contributed by atoms with Crippen LogP contribution < -0.4 is 15.0 Å². The van der Waals surface area contributed by atoms with Gasteiger partial charge in [0.15, 0.2) is 5.96 Å². The van der Waals surface area contributed by atoms with E-state index < -0.39 is 0 Å². The van der Waals surface area contributed by atoms with E-state index in [2.05, 4.69) is 23.4 Å². The summed E-state index contributed by atoms with van der Waals surface area (Å²) in [6.07, 6.45) is 3.59. The van der Waals surface area contributed by atoms with Gasteiger partial charge < -0.3 is 19.9 Å². The van der Waals surface area contributed by atoms with Gasteiger partial charge in [0.25, 0.3) is 0 Å². The van der Waals surface area contributed by atoms with Gasteiger partial charge in [0.1, 0.15) is 12.3 Å². The number of rotatable bonds is 6. The van der Waals surface area contributed by atoms with Gasteiger partial charge >= 0.3 is 0 Å². The summed E-state index contributed by atoms with van der Waals surface area (Å²) < 4.78 is 7.18. The van der Waals surface area contributed by atoms with Crippen LogP contribution in [0, 0.1) is 0 Å². The highest BCUT2D eigenvalue weighted by Crippen LogP contribution is 2.26. The molecule has 2 aromatic rings. The lowest BCUT2D eigenvalue weighted by Gasteiger charge is -2.35. The standard InChI is InChI=1S/C21H30N6O2.HI/c1-5-22-21(23-12-16(2)18-8-6-7-9-19(18)29-4)26-10-11-27(20(28)15-26)17-13-24-25(3)14-17;/h6-9,13-14,16H,5,10-12,15H2,1-4H3,(H,22,23);1H. The number of carbonyl (C=O) groups is 1. The van der Waals surface area contributed by atoms with Crippen molar-refractivity contribution in [2.24, 2.45) is 12.0 Å². The number of hydrogen-bond donors (Lipinski definition) is 1. The number of nitrogens with one attached hydrogen (secondary N) is 1. The van der Waals surface area contributed by atoms with Gasteiger partial charge in [-0.05, 0) is 18.6 Å². The van der Waals surface area contributed by atoms with E-state index in [1.807, 2.05) is 43.3 Å². The molecular formula is C21H31IN6O2. The predicted molar refractivity (Wildman–Crippen MR) is 130 cm³/mol. The highest BCUT2D eigenvalue weighted by molar-refractivity contribution is 14.0. The number of methoxy groups -OCH3 is 1. The molecule has 1 N–H and O–H groups in total. The van der Waals surface area contributed by atoms with Crippen LogP contribution in [-0.2, 0) is 11.8 Å². The Labute approximate surface area is 195 Å². The van der Waals surface area contributed by atoms with E-state index in [1.165, 1.54) is 0 Å². The fourth-order valence-corrected chi connectivity index (χ4v) is 3.50. The van der Waals surface area contributed by atoms with E-state index in [0.29, 0.717) is 19.6 Å². The maximum atomic E-state index is 12.7. The molecule has 1 aromatic heterocycles. The number of para-hydroxylation sites is 1. The highest BCUT2D eigenvalue weighted by atomic mass is 127. The molecule has 0 saturated carbocycles. The first kappa shape index (κ1) is 24.0. The third-order valence-electron chi connectivity index (χ3n) is 5.04. The molecule has 0 radical (unpaired) electrons. The topological polar surface area (TPSA) is 75.0 Å². The number of nitrogens with zero attached hydrogens (tertiary/aromatic N) is 5. The number of carbonyl (C=O) groups excluding carboxylic acids is 1. The maximum Gasteiger partial charge on any atom is 0.246 e. The van der Waals surface area contributed by atoms with Crippen molar-refractivity contribution in [3.63, 3.8) is 0 Å². The molecule has 1 unspecified atom stereocenters. The van der Waals surface area contributed by atoms with E-state index in [9.17, 15) is 4.79 Å². The number of guanidine groups is 1. The van der Waals surface area contributed by atoms with E-state index in [0.717, 1.165) is 36.0 Å².